The van der Waals surface area contributed by atoms with Crippen molar-refractivity contribution in [1.29, 1.82) is 0 Å². The van der Waals surface area contributed by atoms with Gasteiger partial charge in [0.25, 0.3) is 0 Å². The van der Waals surface area contributed by atoms with Crippen LogP contribution in [0.3, 0.4) is 0 Å². The summed E-state index contributed by atoms with van der Waals surface area (Å²) < 4.78 is 0. The second kappa shape index (κ2) is 8.14. The van der Waals surface area contributed by atoms with Crippen molar-refractivity contribution in [2.75, 3.05) is 0 Å². The first-order valence-electron chi connectivity index (χ1n) is 8.94. The van der Waals surface area contributed by atoms with Crippen LogP contribution in [0, 0.1) is 11.3 Å². The lowest BCUT2D eigenvalue weighted by molar-refractivity contribution is 0.255. The van der Waals surface area contributed by atoms with E-state index in [4.69, 9.17) is 12.2 Å². The van der Waals surface area contributed by atoms with Crippen molar-refractivity contribution in [3.05, 3.63) is 35.6 Å². The van der Waals surface area contributed by atoms with Crippen LogP contribution in [0.5, 0.6) is 0 Å². The van der Waals surface area contributed by atoms with Gasteiger partial charge < -0.3 is 10.4 Å². The number of thiocarbonyl (C=S) groups is 1. The van der Waals surface area contributed by atoms with Gasteiger partial charge in [-0.15, -0.1) is 0 Å². The number of aliphatic hydroxyl groups is 1. The van der Waals surface area contributed by atoms with E-state index in [9.17, 15) is 5.11 Å². The van der Waals surface area contributed by atoms with Crippen molar-refractivity contribution in [2.45, 2.75) is 71.8 Å². The molecule has 0 aromatic heterocycles. The number of allylic oxidation sites excluding steroid dienone is 4. The molecule has 0 bridgehead atoms. The molecule has 2 nitrogen and oxygen atoms in total. The van der Waals surface area contributed by atoms with E-state index in [-0.39, 0.29) is 11.2 Å². The number of aliphatic hydroxyl groups excluding tert-OH is 1. The predicted molar refractivity (Wildman–Crippen MR) is 103 cm³/mol. The van der Waals surface area contributed by atoms with E-state index >= 15 is 0 Å². The molecule has 2 aliphatic carbocycles. The summed E-state index contributed by atoms with van der Waals surface area (Å²) in [4.78, 5) is 0.647. The lowest BCUT2D eigenvalue weighted by Crippen LogP contribution is -2.34. The quantitative estimate of drug-likeness (QED) is 0.230. The van der Waals surface area contributed by atoms with E-state index in [2.05, 4.69) is 38.2 Å². The van der Waals surface area contributed by atoms with Crippen molar-refractivity contribution in [2.24, 2.45) is 11.3 Å². The molecule has 0 aromatic rings. The highest BCUT2D eigenvalue weighted by molar-refractivity contribution is 7.80. The molecule has 0 radical (unpaired) electrons. The van der Waals surface area contributed by atoms with Crippen LogP contribution >= 0.6 is 12.2 Å². The minimum atomic E-state index is 0.243. The minimum Gasteiger partial charge on any atom is -0.508 e. The molecule has 0 aliphatic heterocycles. The number of rotatable bonds is 4. The highest BCUT2D eigenvalue weighted by atomic mass is 32.1. The molecule has 1 fully saturated rings. The zero-order chi connectivity index (χ0) is 16.9. The van der Waals surface area contributed by atoms with Crippen molar-refractivity contribution in [1.82, 2.24) is 5.32 Å². The average Bonchev–Trinajstić information content (AvgIpc) is 2.46. The van der Waals surface area contributed by atoms with Crippen molar-refractivity contribution < 1.29 is 5.11 Å². The second-order valence-electron chi connectivity index (χ2n) is 7.72. The molecule has 128 valence electrons. The van der Waals surface area contributed by atoms with Crippen molar-refractivity contribution >= 4 is 17.2 Å². The third-order valence-electron chi connectivity index (χ3n) is 5.28. The monoisotopic (exact) mass is 333 g/mol. The van der Waals surface area contributed by atoms with Gasteiger partial charge in [-0.05, 0) is 44.1 Å². The lowest BCUT2D eigenvalue weighted by Gasteiger charge is -2.36. The standard InChI is InChI=1S/C20H31NOS/c1-15-8-7-13-20(2,3)18(15)12-11-17(22)14-19(23)21-16-9-5-4-6-10-16/h8,11-12,14,16,18,22H,4-7,9-10,13H2,1-3H3,(H,21,23)/b12-11+,17-14-. The van der Waals surface area contributed by atoms with Gasteiger partial charge in [0.05, 0.1) is 0 Å². The maximum atomic E-state index is 10.2. The molecule has 1 atom stereocenters. The van der Waals surface area contributed by atoms with Crippen LogP contribution in [0.1, 0.15) is 65.7 Å². The largest absolute Gasteiger partial charge is 0.508 e. The Morgan fingerprint density at radius 1 is 1.30 bits per heavy atom. The Kier molecular flexibility index (Phi) is 6.46. The highest BCUT2D eigenvalue weighted by Crippen LogP contribution is 2.41. The van der Waals surface area contributed by atoms with Crippen LogP contribution in [0.25, 0.3) is 0 Å². The fraction of sp³-hybridized carbons (Fsp3) is 0.650. The molecular formula is C20H31NOS. The second-order valence-corrected chi connectivity index (χ2v) is 8.16. The van der Waals surface area contributed by atoms with Gasteiger partial charge in [0.1, 0.15) is 10.7 Å². The molecule has 0 aromatic carbocycles. The Morgan fingerprint density at radius 2 is 2.00 bits per heavy atom. The third-order valence-corrected chi connectivity index (χ3v) is 5.51. The predicted octanol–water partition coefficient (Wildman–Crippen LogP) is 5.62. The molecule has 0 spiro atoms. The van der Waals surface area contributed by atoms with Gasteiger partial charge in [0.15, 0.2) is 0 Å². The molecule has 2 aliphatic rings. The molecular weight excluding hydrogens is 302 g/mol. The van der Waals surface area contributed by atoms with E-state index in [0.29, 0.717) is 16.9 Å². The molecule has 0 saturated heterocycles. The number of hydrogen-bond acceptors (Lipinski definition) is 2. The Labute approximate surface area is 146 Å². The zero-order valence-corrected chi connectivity index (χ0v) is 15.6. The van der Waals surface area contributed by atoms with E-state index in [0.717, 1.165) is 6.42 Å². The Morgan fingerprint density at radius 3 is 2.65 bits per heavy atom. The van der Waals surface area contributed by atoms with E-state index < -0.39 is 0 Å². The highest BCUT2D eigenvalue weighted by Gasteiger charge is 2.30. The summed E-state index contributed by atoms with van der Waals surface area (Å²) in [6.07, 6.45) is 16.5. The smallest absolute Gasteiger partial charge is 0.118 e. The first-order valence-corrected chi connectivity index (χ1v) is 9.35. The normalized spacial score (nSPS) is 26.1. The third kappa shape index (κ3) is 5.49. The lowest BCUT2D eigenvalue weighted by atomic mass is 9.68. The van der Waals surface area contributed by atoms with Crippen LogP contribution in [-0.2, 0) is 0 Å². The maximum Gasteiger partial charge on any atom is 0.118 e. The summed E-state index contributed by atoms with van der Waals surface area (Å²) in [7, 11) is 0. The number of hydrogen-bond donors (Lipinski definition) is 2. The van der Waals surface area contributed by atoms with Gasteiger partial charge in [-0.3, -0.25) is 0 Å². The molecule has 1 saturated carbocycles. The fourth-order valence-electron chi connectivity index (χ4n) is 3.85. The Bertz CT molecular complexity index is 510. The SMILES string of the molecule is CC1=CCCC(C)(C)C1/C=C/C(O)=C/C(=S)NC1CCCCC1. The number of nitrogens with one attached hydrogen (secondary N) is 1. The van der Waals surface area contributed by atoms with Gasteiger partial charge >= 0.3 is 0 Å². The van der Waals surface area contributed by atoms with Crippen LogP contribution < -0.4 is 5.32 Å². The molecule has 0 amide bonds. The Balaban J connectivity index is 1.93. The van der Waals surface area contributed by atoms with Crippen molar-refractivity contribution in [3.8, 4) is 0 Å². The van der Waals surface area contributed by atoms with Gasteiger partial charge in [0.2, 0.25) is 0 Å². The molecule has 2 N–H and O–H groups in total. The zero-order valence-electron chi connectivity index (χ0n) is 14.8. The summed E-state index contributed by atoms with van der Waals surface area (Å²) in [5.41, 5.74) is 1.64. The van der Waals surface area contributed by atoms with Crippen LogP contribution in [-0.4, -0.2) is 16.1 Å². The molecule has 1 unspecified atom stereocenters. The first kappa shape index (κ1) is 18.3. The minimum absolute atomic E-state index is 0.243. The van der Waals surface area contributed by atoms with E-state index in [1.165, 1.54) is 44.1 Å². The van der Waals surface area contributed by atoms with Crippen LogP contribution in [0.2, 0.25) is 0 Å². The van der Waals surface area contributed by atoms with Crippen LogP contribution in [0.4, 0.5) is 0 Å². The molecule has 23 heavy (non-hydrogen) atoms. The Hall–Kier alpha value is -1.09. The van der Waals surface area contributed by atoms with Gasteiger partial charge in [-0.1, -0.05) is 63.1 Å². The molecule has 2 rings (SSSR count). The molecule has 3 heteroatoms. The summed E-state index contributed by atoms with van der Waals surface area (Å²) in [6, 6.07) is 0.478. The topological polar surface area (TPSA) is 32.3 Å². The summed E-state index contributed by atoms with van der Waals surface area (Å²) in [6.45, 7) is 6.79. The fourth-order valence-corrected chi connectivity index (χ4v) is 4.14. The maximum absolute atomic E-state index is 10.2. The summed E-state index contributed by atoms with van der Waals surface area (Å²) >= 11 is 5.36. The average molecular weight is 334 g/mol. The van der Waals surface area contributed by atoms with E-state index in [1.54, 1.807) is 6.08 Å². The van der Waals surface area contributed by atoms with Gasteiger partial charge in [0, 0.05) is 18.0 Å². The summed E-state index contributed by atoms with van der Waals surface area (Å²) in [5, 5.41) is 13.5. The first-order chi connectivity index (χ1) is 10.9. The molecule has 0 heterocycles. The van der Waals surface area contributed by atoms with Gasteiger partial charge in [-0.2, -0.15) is 0 Å². The van der Waals surface area contributed by atoms with Crippen molar-refractivity contribution in [3.63, 3.8) is 0 Å². The van der Waals surface area contributed by atoms with E-state index in [1.807, 2.05) is 6.08 Å². The van der Waals surface area contributed by atoms with Gasteiger partial charge in [-0.25, -0.2) is 0 Å². The summed E-state index contributed by atoms with van der Waals surface area (Å²) in [5.74, 6) is 0.624. The van der Waals surface area contributed by atoms with Crippen LogP contribution in [0.15, 0.2) is 35.6 Å².